The van der Waals surface area contributed by atoms with Gasteiger partial charge in [0.2, 0.25) is 5.43 Å². The van der Waals surface area contributed by atoms with E-state index in [9.17, 15) is 14.7 Å². The van der Waals surface area contributed by atoms with E-state index in [4.69, 9.17) is 0 Å². The molecule has 2 aromatic heterocycles. The maximum Gasteiger partial charge on any atom is 0.259 e. The number of amides is 1. The molecule has 0 unspecified atom stereocenters. The average molecular weight is 392 g/mol. The summed E-state index contributed by atoms with van der Waals surface area (Å²) in [5.41, 5.74) is 2.20. The van der Waals surface area contributed by atoms with Crippen LogP contribution >= 0.6 is 0 Å². The van der Waals surface area contributed by atoms with E-state index in [1.54, 1.807) is 17.3 Å². The van der Waals surface area contributed by atoms with E-state index < -0.39 is 6.10 Å². The zero-order valence-electron chi connectivity index (χ0n) is 16.4. The molecule has 1 aromatic carbocycles. The summed E-state index contributed by atoms with van der Waals surface area (Å²) >= 11 is 0. The van der Waals surface area contributed by atoms with Crippen LogP contribution in [0.5, 0.6) is 0 Å². The Morgan fingerprint density at radius 2 is 2.03 bits per heavy atom. The van der Waals surface area contributed by atoms with Gasteiger partial charge in [0.25, 0.3) is 5.91 Å². The molecule has 4 heterocycles. The van der Waals surface area contributed by atoms with Gasteiger partial charge in [0, 0.05) is 50.7 Å². The van der Waals surface area contributed by atoms with E-state index in [2.05, 4.69) is 4.98 Å². The first kappa shape index (κ1) is 18.1. The van der Waals surface area contributed by atoms with Crippen molar-refractivity contribution >= 4 is 16.8 Å². The number of para-hydroxylation sites is 1. The van der Waals surface area contributed by atoms with Crippen LogP contribution in [0.2, 0.25) is 0 Å². The van der Waals surface area contributed by atoms with E-state index in [-0.39, 0.29) is 22.8 Å². The second-order valence-electron chi connectivity index (χ2n) is 8.10. The highest BCUT2D eigenvalue weighted by Gasteiger charge is 2.31. The number of aryl methyl sites for hydroxylation is 3. The first-order valence-corrected chi connectivity index (χ1v) is 10.1. The van der Waals surface area contributed by atoms with Crippen molar-refractivity contribution in [3.8, 4) is 0 Å². The number of carbonyl (C=O) groups excluding carboxylic acids is 1. The third-order valence-corrected chi connectivity index (χ3v) is 6.43. The molecule has 1 amide bonds. The number of hydrogen-bond acceptors (Lipinski definition) is 4. The van der Waals surface area contributed by atoms with Crippen LogP contribution in [0.15, 0.2) is 41.6 Å². The van der Waals surface area contributed by atoms with Gasteiger partial charge in [-0.1, -0.05) is 12.1 Å². The Kier molecular flexibility index (Phi) is 4.28. The maximum absolute atomic E-state index is 13.1. The first-order chi connectivity index (χ1) is 14.0. The summed E-state index contributed by atoms with van der Waals surface area (Å²) in [6.07, 6.45) is 6.86. The van der Waals surface area contributed by atoms with Crippen LogP contribution < -0.4 is 5.43 Å². The predicted molar refractivity (Wildman–Crippen MR) is 109 cm³/mol. The molecule has 5 rings (SSSR count). The van der Waals surface area contributed by atoms with E-state index in [1.807, 2.05) is 40.6 Å². The minimum atomic E-state index is -0.641. The summed E-state index contributed by atoms with van der Waals surface area (Å²) in [7, 11) is 1.87. The Morgan fingerprint density at radius 1 is 1.24 bits per heavy atom. The lowest BCUT2D eigenvalue weighted by atomic mass is 9.90. The third kappa shape index (κ3) is 2.88. The number of benzene rings is 1. The molecule has 0 bridgehead atoms. The Labute approximate surface area is 168 Å². The lowest BCUT2D eigenvalue weighted by Gasteiger charge is -2.34. The van der Waals surface area contributed by atoms with E-state index in [0.717, 1.165) is 18.5 Å². The Balaban J connectivity index is 1.36. The highest BCUT2D eigenvalue weighted by Crippen LogP contribution is 2.30. The number of aliphatic hydroxyl groups is 1. The lowest BCUT2D eigenvalue weighted by molar-refractivity contribution is 0.0419. The van der Waals surface area contributed by atoms with Gasteiger partial charge in [0.15, 0.2) is 0 Å². The van der Waals surface area contributed by atoms with Crippen molar-refractivity contribution in [2.24, 2.45) is 13.0 Å². The van der Waals surface area contributed by atoms with Crippen molar-refractivity contribution in [1.29, 1.82) is 0 Å². The minimum Gasteiger partial charge on any atom is -0.385 e. The average Bonchev–Trinajstić information content (AvgIpc) is 3.36. The van der Waals surface area contributed by atoms with Crippen molar-refractivity contribution in [1.82, 2.24) is 19.0 Å². The second-order valence-corrected chi connectivity index (χ2v) is 8.10. The minimum absolute atomic E-state index is 0.0538. The molecule has 0 spiro atoms. The van der Waals surface area contributed by atoms with Gasteiger partial charge in [0.1, 0.15) is 17.5 Å². The zero-order chi connectivity index (χ0) is 20.1. The van der Waals surface area contributed by atoms with Crippen LogP contribution in [0.4, 0.5) is 0 Å². The number of nitrogens with zero attached hydrogens (tertiary/aromatic N) is 4. The summed E-state index contributed by atoms with van der Waals surface area (Å²) in [4.78, 5) is 32.1. The predicted octanol–water partition coefficient (Wildman–Crippen LogP) is 1.88. The van der Waals surface area contributed by atoms with E-state index in [1.165, 1.54) is 5.56 Å². The van der Waals surface area contributed by atoms with Crippen LogP contribution in [0, 0.1) is 5.92 Å². The Hall–Kier alpha value is -2.93. The van der Waals surface area contributed by atoms with Crippen LogP contribution in [-0.4, -0.2) is 43.1 Å². The van der Waals surface area contributed by atoms with Crippen molar-refractivity contribution in [3.63, 3.8) is 0 Å². The van der Waals surface area contributed by atoms with Gasteiger partial charge >= 0.3 is 0 Å². The largest absolute Gasteiger partial charge is 0.385 e. The third-order valence-electron chi connectivity index (χ3n) is 6.43. The van der Waals surface area contributed by atoms with Gasteiger partial charge in [-0.15, -0.1) is 0 Å². The molecule has 0 radical (unpaired) electrons. The van der Waals surface area contributed by atoms with E-state index >= 15 is 0 Å². The fourth-order valence-electron chi connectivity index (χ4n) is 4.77. The quantitative estimate of drug-likeness (QED) is 0.738. The van der Waals surface area contributed by atoms with Gasteiger partial charge in [-0.2, -0.15) is 0 Å². The summed E-state index contributed by atoms with van der Waals surface area (Å²) in [6.45, 7) is 1.86. The SMILES string of the molecule is Cn1ccnc1[C@H](O)C1CCN(C(=O)c2cn3c4c(cccc4c2=O)CC3)CC1. The Bertz CT molecular complexity index is 1150. The van der Waals surface area contributed by atoms with Crippen LogP contribution in [0.3, 0.4) is 0 Å². The molecule has 1 atom stereocenters. The molecule has 29 heavy (non-hydrogen) atoms. The summed E-state index contributed by atoms with van der Waals surface area (Å²) in [5.74, 6) is 0.502. The summed E-state index contributed by atoms with van der Waals surface area (Å²) in [6, 6.07) is 5.76. The normalized spacial score (nSPS) is 17.8. The number of rotatable bonds is 3. The van der Waals surface area contributed by atoms with Crippen LogP contribution in [-0.2, 0) is 20.0 Å². The van der Waals surface area contributed by atoms with Gasteiger partial charge in [-0.25, -0.2) is 4.98 Å². The van der Waals surface area contributed by atoms with Gasteiger partial charge in [-0.05, 0) is 36.8 Å². The zero-order valence-corrected chi connectivity index (χ0v) is 16.4. The lowest BCUT2D eigenvalue weighted by Crippen LogP contribution is -2.41. The number of aliphatic hydroxyl groups excluding tert-OH is 1. The van der Waals surface area contributed by atoms with Crippen molar-refractivity contribution in [3.05, 3.63) is 64.0 Å². The van der Waals surface area contributed by atoms with Gasteiger partial charge < -0.3 is 19.1 Å². The van der Waals surface area contributed by atoms with Crippen molar-refractivity contribution in [2.45, 2.75) is 31.9 Å². The van der Waals surface area contributed by atoms with Crippen molar-refractivity contribution in [2.75, 3.05) is 13.1 Å². The number of aromatic nitrogens is 3. The standard InChI is InChI=1S/C22H24N4O3/c1-24-12-8-23-21(24)19(27)15-6-9-25(10-7-15)22(29)17-13-26-11-5-14-3-2-4-16(18(14)26)20(17)28/h2-4,8,12-13,15,19,27H,5-7,9-11H2,1H3/t19-/m1/s1. The number of likely N-dealkylation sites (tertiary alicyclic amines) is 1. The molecule has 2 aliphatic heterocycles. The molecular weight excluding hydrogens is 368 g/mol. The monoisotopic (exact) mass is 392 g/mol. The molecule has 7 heteroatoms. The molecule has 1 saturated heterocycles. The number of carbonyl (C=O) groups is 1. The fraction of sp³-hybridized carbons (Fsp3) is 0.409. The highest BCUT2D eigenvalue weighted by atomic mass is 16.3. The molecular formula is C22H24N4O3. The molecule has 2 aliphatic rings. The first-order valence-electron chi connectivity index (χ1n) is 10.1. The van der Waals surface area contributed by atoms with Gasteiger partial charge in [-0.3, -0.25) is 9.59 Å². The molecule has 150 valence electrons. The molecule has 3 aromatic rings. The number of hydrogen-bond donors (Lipinski definition) is 1. The van der Waals surface area contributed by atoms with Gasteiger partial charge in [0.05, 0.1) is 5.52 Å². The summed E-state index contributed by atoms with van der Waals surface area (Å²) in [5, 5.41) is 11.3. The number of imidazole rings is 1. The Morgan fingerprint density at radius 3 is 2.76 bits per heavy atom. The molecule has 0 saturated carbocycles. The summed E-state index contributed by atoms with van der Waals surface area (Å²) < 4.78 is 3.87. The molecule has 1 fully saturated rings. The molecule has 7 nitrogen and oxygen atoms in total. The van der Waals surface area contributed by atoms with Crippen molar-refractivity contribution < 1.29 is 9.90 Å². The topological polar surface area (TPSA) is 80.4 Å². The fourth-order valence-corrected chi connectivity index (χ4v) is 4.77. The number of piperidine rings is 1. The molecule has 1 N–H and O–H groups in total. The smallest absolute Gasteiger partial charge is 0.259 e. The van der Waals surface area contributed by atoms with E-state index in [0.29, 0.717) is 37.1 Å². The van der Waals surface area contributed by atoms with Crippen LogP contribution in [0.25, 0.3) is 10.9 Å². The highest BCUT2D eigenvalue weighted by molar-refractivity contribution is 5.98. The molecule has 0 aliphatic carbocycles. The number of pyridine rings is 1. The van der Waals surface area contributed by atoms with Crippen LogP contribution in [0.1, 0.15) is 40.7 Å². The maximum atomic E-state index is 13.1. The second kappa shape index (κ2) is 6.84.